The zero-order valence-corrected chi connectivity index (χ0v) is 12.2. The van der Waals surface area contributed by atoms with Crippen molar-refractivity contribution in [2.75, 3.05) is 19.7 Å². The summed E-state index contributed by atoms with van der Waals surface area (Å²) in [6.07, 6.45) is -0.756. The first-order valence-electron chi connectivity index (χ1n) is 6.60. The molecule has 7 heteroatoms. The number of amides is 1. The number of nitriles is 1. The third-order valence-corrected chi connectivity index (χ3v) is 2.63. The molecule has 122 valence electrons. The van der Waals surface area contributed by atoms with Gasteiger partial charge in [0.15, 0.2) is 6.61 Å². The van der Waals surface area contributed by atoms with Crippen LogP contribution in [0, 0.1) is 11.3 Å². The first-order valence-corrected chi connectivity index (χ1v) is 6.60. The Hall–Kier alpha value is -2.75. The van der Waals surface area contributed by atoms with Crippen LogP contribution in [0.5, 0.6) is 5.75 Å². The highest BCUT2D eigenvalue weighted by Gasteiger charge is 2.31. The van der Waals surface area contributed by atoms with Crippen LogP contribution < -0.4 is 4.74 Å². The van der Waals surface area contributed by atoms with Crippen LogP contribution in [-0.2, 0) is 4.79 Å². The Labute approximate surface area is 132 Å². The molecule has 1 aromatic carbocycles. The summed E-state index contributed by atoms with van der Waals surface area (Å²) in [6.45, 7) is 1.74. The zero-order chi connectivity index (χ0) is 17.3. The van der Waals surface area contributed by atoms with Crippen LogP contribution in [0.15, 0.2) is 43.0 Å². The number of ether oxygens (including phenoxy) is 1. The molecule has 0 N–H and O–H groups in total. The maximum Gasteiger partial charge on any atom is 0.406 e. The molecule has 0 saturated heterocycles. The van der Waals surface area contributed by atoms with E-state index in [4.69, 9.17) is 10.00 Å². The van der Waals surface area contributed by atoms with Crippen LogP contribution in [0.1, 0.15) is 5.56 Å². The number of carbonyl (C=O) groups is 1. The van der Waals surface area contributed by atoms with Crippen molar-refractivity contribution in [1.82, 2.24) is 4.90 Å². The van der Waals surface area contributed by atoms with Gasteiger partial charge in [-0.25, -0.2) is 0 Å². The van der Waals surface area contributed by atoms with Crippen molar-refractivity contribution in [1.29, 1.82) is 5.26 Å². The Morgan fingerprint density at radius 1 is 1.35 bits per heavy atom. The van der Waals surface area contributed by atoms with Gasteiger partial charge in [-0.15, -0.1) is 6.58 Å². The molecule has 0 aromatic heterocycles. The Balaban J connectivity index is 2.71. The molecular weight excluding hydrogens is 309 g/mol. The van der Waals surface area contributed by atoms with E-state index in [-0.39, 0.29) is 13.2 Å². The lowest BCUT2D eigenvalue weighted by molar-refractivity contribution is -0.157. The van der Waals surface area contributed by atoms with E-state index in [2.05, 4.69) is 6.58 Å². The Morgan fingerprint density at radius 2 is 2.00 bits per heavy atom. The van der Waals surface area contributed by atoms with Gasteiger partial charge in [0.2, 0.25) is 5.91 Å². The number of alkyl halides is 3. The van der Waals surface area contributed by atoms with E-state index < -0.39 is 18.6 Å². The summed E-state index contributed by atoms with van der Waals surface area (Å²) in [7, 11) is 0. The van der Waals surface area contributed by atoms with Crippen molar-refractivity contribution < 1.29 is 22.7 Å². The van der Waals surface area contributed by atoms with Gasteiger partial charge < -0.3 is 9.64 Å². The predicted octanol–water partition coefficient (Wildman–Crippen LogP) is 3.18. The van der Waals surface area contributed by atoms with Crippen molar-refractivity contribution in [3.63, 3.8) is 0 Å². The molecule has 0 saturated carbocycles. The number of benzene rings is 1. The van der Waals surface area contributed by atoms with Crippen molar-refractivity contribution >= 4 is 12.0 Å². The molecular formula is C16H15F3N2O2. The number of carbonyl (C=O) groups excluding carboxylic acids is 1. The highest BCUT2D eigenvalue weighted by atomic mass is 19.4. The topological polar surface area (TPSA) is 53.3 Å². The van der Waals surface area contributed by atoms with Gasteiger partial charge in [-0.2, -0.15) is 18.4 Å². The SMILES string of the molecule is C=CCN(CC(F)(F)F)C(=O)/C=C/c1ccc(OCC#N)cc1. The first kappa shape index (κ1) is 18.3. The fourth-order valence-corrected chi connectivity index (χ4v) is 1.67. The zero-order valence-electron chi connectivity index (χ0n) is 12.2. The molecule has 0 aliphatic heterocycles. The quantitative estimate of drug-likeness (QED) is 0.572. The summed E-state index contributed by atoms with van der Waals surface area (Å²) in [5.41, 5.74) is 0.619. The summed E-state index contributed by atoms with van der Waals surface area (Å²) in [5, 5.41) is 8.39. The van der Waals surface area contributed by atoms with Gasteiger partial charge in [-0.3, -0.25) is 4.79 Å². The third-order valence-electron chi connectivity index (χ3n) is 2.63. The molecule has 0 spiro atoms. The van der Waals surface area contributed by atoms with Gasteiger partial charge in [-0.05, 0) is 23.8 Å². The summed E-state index contributed by atoms with van der Waals surface area (Å²) in [5.74, 6) is -0.271. The molecule has 0 fully saturated rings. The number of hydrogen-bond acceptors (Lipinski definition) is 3. The first-order chi connectivity index (χ1) is 10.9. The number of halogens is 3. The van der Waals surface area contributed by atoms with E-state index in [1.54, 1.807) is 24.3 Å². The Morgan fingerprint density at radius 3 is 2.52 bits per heavy atom. The molecule has 1 amide bonds. The van der Waals surface area contributed by atoms with Crippen LogP contribution >= 0.6 is 0 Å². The second-order valence-electron chi connectivity index (χ2n) is 4.47. The van der Waals surface area contributed by atoms with Crippen LogP contribution in [0.3, 0.4) is 0 Å². The minimum atomic E-state index is -4.47. The maximum atomic E-state index is 12.4. The minimum absolute atomic E-state index is 0.0817. The fraction of sp³-hybridized carbons (Fsp3) is 0.250. The van der Waals surface area contributed by atoms with E-state index in [9.17, 15) is 18.0 Å². The molecule has 4 nitrogen and oxygen atoms in total. The molecule has 0 radical (unpaired) electrons. The average molecular weight is 324 g/mol. The van der Waals surface area contributed by atoms with Gasteiger partial charge in [0.25, 0.3) is 0 Å². The summed E-state index contributed by atoms with van der Waals surface area (Å²) >= 11 is 0. The van der Waals surface area contributed by atoms with Gasteiger partial charge in [0, 0.05) is 12.6 Å². The molecule has 1 rings (SSSR count). The largest absolute Gasteiger partial charge is 0.479 e. The summed E-state index contributed by atoms with van der Waals surface area (Å²) < 4.78 is 42.3. The Kier molecular flexibility index (Phi) is 6.87. The Bertz CT molecular complexity index is 601. The van der Waals surface area contributed by atoms with E-state index in [1.165, 1.54) is 12.2 Å². The molecule has 0 heterocycles. The third kappa shape index (κ3) is 7.18. The van der Waals surface area contributed by atoms with Gasteiger partial charge in [0.05, 0.1) is 0 Å². The van der Waals surface area contributed by atoms with Crippen LogP contribution in [-0.4, -0.2) is 36.7 Å². The normalized spacial score (nSPS) is 11.0. The number of hydrogen-bond donors (Lipinski definition) is 0. The monoisotopic (exact) mass is 324 g/mol. The number of rotatable bonds is 7. The average Bonchev–Trinajstić information content (AvgIpc) is 2.50. The second kappa shape index (κ2) is 8.63. The summed E-state index contributed by atoms with van der Waals surface area (Å²) in [6, 6.07) is 8.27. The minimum Gasteiger partial charge on any atom is -0.479 e. The molecule has 0 bridgehead atoms. The lowest BCUT2D eigenvalue weighted by atomic mass is 10.2. The van der Waals surface area contributed by atoms with Crippen LogP contribution in [0.2, 0.25) is 0 Å². The molecule has 23 heavy (non-hydrogen) atoms. The van der Waals surface area contributed by atoms with E-state index in [0.717, 1.165) is 6.08 Å². The smallest absolute Gasteiger partial charge is 0.406 e. The lowest BCUT2D eigenvalue weighted by Crippen LogP contribution is -2.38. The van der Waals surface area contributed by atoms with E-state index >= 15 is 0 Å². The molecule has 0 atom stereocenters. The lowest BCUT2D eigenvalue weighted by Gasteiger charge is -2.20. The fourth-order valence-electron chi connectivity index (χ4n) is 1.67. The molecule has 0 aliphatic carbocycles. The highest BCUT2D eigenvalue weighted by molar-refractivity contribution is 5.91. The van der Waals surface area contributed by atoms with Crippen molar-refractivity contribution in [3.8, 4) is 11.8 Å². The molecule has 0 unspecified atom stereocenters. The van der Waals surface area contributed by atoms with Crippen molar-refractivity contribution in [3.05, 3.63) is 48.6 Å². The van der Waals surface area contributed by atoms with Gasteiger partial charge in [0.1, 0.15) is 18.4 Å². The molecule has 0 aliphatic rings. The van der Waals surface area contributed by atoms with Crippen LogP contribution in [0.25, 0.3) is 6.08 Å². The van der Waals surface area contributed by atoms with E-state index in [1.807, 2.05) is 6.07 Å². The maximum absolute atomic E-state index is 12.4. The van der Waals surface area contributed by atoms with Gasteiger partial charge in [-0.1, -0.05) is 18.2 Å². The highest BCUT2D eigenvalue weighted by Crippen LogP contribution is 2.17. The van der Waals surface area contributed by atoms with Crippen LogP contribution in [0.4, 0.5) is 13.2 Å². The number of nitrogens with zero attached hydrogens (tertiary/aromatic N) is 2. The predicted molar refractivity (Wildman–Crippen MR) is 79.4 cm³/mol. The second-order valence-corrected chi connectivity index (χ2v) is 4.47. The standard InChI is InChI=1S/C16H15F3N2O2/c1-2-10-21(12-16(17,18)19)15(22)8-5-13-3-6-14(7-4-13)23-11-9-20/h2-8H,1,10-12H2/b8-5+. The van der Waals surface area contributed by atoms with Crippen molar-refractivity contribution in [2.24, 2.45) is 0 Å². The van der Waals surface area contributed by atoms with Gasteiger partial charge >= 0.3 is 6.18 Å². The molecule has 1 aromatic rings. The summed E-state index contributed by atoms with van der Waals surface area (Å²) in [4.78, 5) is 12.5. The van der Waals surface area contributed by atoms with Crippen molar-refractivity contribution in [2.45, 2.75) is 6.18 Å². The van der Waals surface area contributed by atoms with E-state index in [0.29, 0.717) is 16.2 Å².